The Morgan fingerprint density at radius 2 is 1.90 bits per heavy atom. The van der Waals surface area contributed by atoms with Crippen LogP contribution < -0.4 is 15.4 Å². The molecule has 0 aliphatic carbocycles. The summed E-state index contributed by atoms with van der Waals surface area (Å²) in [5, 5.41) is 11.5. The van der Waals surface area contributed by atoms with Gasteiger partial charge in [-0.25, -0.2) is 4.68 Å². The lowest BCUT2D eigenvalue weighted by atomic mass is 10.2. The molecule has 8 heteroatoms. The molecule has 30 heavy (non-hydrogen) atoms. The largest absolute Gasteiger partial charge is 0.497 e. The Morgan fingerprint density at radius 3 is 2.50 bits per heavy atom. The number of aliphatic imine (C=N–C) groups is 1. The van der Waals surface area contributed by atoms with Crippen LogP contribution in [0, 0.1) is 0 Å². The van der Waals surface area contributed by atoms with Crippen LogP contribution in [0.5, 0.6) is 5.75 Å². The van der Waals surface area contributed by atoms with Crippen LogP contribution in [0.4, 0.5) is 0 Å². The molecule has 2 aromatic rings. The van der Waals surface area contributed by atoms with Gasteiger partial charge in [-0.05, 0) is 69.7 Å². The zero-order valence-electron chi connectivity index (χ0n) is 18.9. The molecular formula is C22H37IN6O. The molecule has 0 aliphatic heterocycles. The fourth-order valence-electron chi connectivity index (χ4n) is 3.17. The van der Waals surface area contributed by atoms with Crippen LogP contribution in [0.3, 0.4) is 0 Å². The van der Waals surface area contributed by atoms with E-state index in [4.69, 9.17) is 4.74 Å². The lowest BCUT2D eigenvalue weighted by molar-refractivity contribution is 0.292. The van der Waals surface area contributed by atoms with Crippen LogP contribution in [0.15, 0.2) is 41.5 Å². The number of halogens is 1. The normalized spacial score (nSPS) is 12.4. The second-order valence-electron chi connectivity index (χ2n) is 7.09. The first-order valence-electron chi connectivity index (χ1n) is 10.5. The van der Waals surface area contributed by atoms with E-state index in [1.807, 2.05) is 41.2 Å². The summed E-state index contributed by atoms with van der Waals surface area (Å²) in [4.78, 5) is 6.80. The Hall–Kier alpha value is -1.81. The van der Waals surface area contributed by atoms with Crippen molar-refractivity contribution in [2.45, 2.75) is 46.2 Å². The summed E-state index contributed by atoms with van der Waals surface area (Å²) in [6.45, 7) is 10.6. The lowest BCUT2D eigenvalue weighted by Crippen LogP contribution is -2.42. The van der Waals surface area contributed by atoms with Gasteiger partial charge >= 0.3 is 0 Å². The minimum absolute atomic E-state index is 0. The summed E-state index contributed by atoms with van der Waals surface area (Å²) in [7, 11) is 3.47. The number of hydrogen-bond acceptors (Lipinski definition) is 4. The summed E-state index contributed by atoms with van der Waals surface area (Å²) in [5.74, 6) is 1.64. The molecule has 0 amide bonds. The summed E-state index contributed by atoms with van der Waals surface area (Å²) in [6, 6.07) is 10.2. The molecule has 1 aromatic carbocycles. The number of ether oxygens (including phenoxy) is 1. The van der Waals surface area contributed by atoms with E-state index in [1.165, 1.54) is 6.42 Å². The van der Waals surface area contributed by atoms with Crippen molar-refractivity contribution in [1.29, 1.82) is 0 Å². The van der Waals surface area contributed by atoms with Gasteiger partial charge < -0.3 is 20.3 Å². The Balaban J connectivity index is 0.00000450. The number of guanidine groups is 1. The maximum Gasteiger partial charge on any atom is 0.191 e. The zero-order valence-corrected chi connectivity index (χ0v) is 21.2. The first-order valence-corrected chi connectivity index (χ1v) is 10.5. The molecule has 0 radical (unpaired) electrons. The predicted octanol–water partition coefficient (Wildman–Crippen LogP) is 3.67. The van der Waals surface area contributed by atoms with Gasteiger partial charge in [0, 0.05) is 19.3 Å². The van der Waals surface area contributed by atoms with Gasteiger partial charge in [0.05, 0.1) is 25.0 Å². The molecule has 1 atom stereocenters. The van der Waals surface area contributed by atoms with Crippen molar-refractivity contribution in [3.8, 4) is 11.4 Å². The van der Waals surface area contributed by atoms with E-state index in [-0.39, 0.29) is 24.0 Å². The minimum atomic E-state index is 0. The zero-order chi connectivity index (χ0) is 21.1. The standard InChI is InChI=1S/C22H36N6O.HI/c1-6-27(7-2)15-8-9-18(3)25-22(23-4)24-17-19-14-16-28(26-19)20-10-12-21(29-5)13-11-20;/h10-14,16,18H,6-9,15,17H2,1-5H3,(H2,23,24,25);1H. The third-order valence-corrected chi connectivity index (χ3v) is 5.03. The molecule has 0 spiro atoms. The molecule has 0 bridgehead atoms. The van der Waals surface area contributed by atoms with Crippen LogP contribution in [0.1, 0.15) is 39.3 Å². The van der Waals surface area contributed by atoms with Gasteiger partial charge in [0.2, 0.25) is 0 Å². The average Bonchev–Trinajstić information content (AvgIpc) is 3.23. The molecule has 0 aliphatic rings. The van der Waals surface area contributed by atoms with E-state index in [9.17, 15) is 0 Å². The highest BCUT2D eigenvalue weighted by atomic mass is 127. The van der Waals surface area contributed by atoms with Gasteiger partial charge in [-0.1, -0.05) is 13.8 Å². The summed E-state index contributed by atoms with van der Waals surface area (Å²) in [5.41, 5.74) is 1.96. The topological polar surface area (TPSA) is 66.7 Å². The number of benzene rings is 1. The van der Waals surface area contributed by atoms with Crippen molar-refractivity contribution in [2.24, 2.45) is 4.99 Å². The number of hydrogen-bond donors (Lipinski definition) is 2. The Morgan fingerprint density at radius 1 is 1.20 bits per heavy atom. The highest BCUT2D eigenvalue weighted by molar-refractivity contribution is 14.0. The van der Waals surface area contributed by atoms with E-state index in [1.54, 1.807) is 14.2 Å². The number of methoxy groups -OCH3 is 1. The summed E-state index contributed by atoms with van der Waals surface area (Å²) >= 11 is 0. The molecule has 0 saturated heterocycles. The van der Waals surface area contributed by atoms with Crippen molar-refractivity contribution >= 4 is 29.9 Å². The second kappa shape index (κ2) is 14.2. The highest BCUT2D eigenvalue weighted by Gasteiger charge is 2.08. The van der Waals surface area contributed by atoms with Crippen LogP contribution in [0.25, 0.3) is 5.69 Å². The number of nitrogens with one attached hydrogen (secondary N) is 2. The van der Waals surface area contributed by atoms with Crippen LogP contribution >= 0.6 is 24.0 Å². The van der Waals surface area contributed by atoms with Gasteiger partial charge in [-0.15, -0.1) is 24.0 Å². The average molecular weight is 528 g/mol. The van der Waals surface area contributed by atoms with Crippen molar-refractivity contribution < 1.29 is 4.74 Å². The monoisotopic (exact) mass is 528 g/mol. The number of nitrogens with zero attached hydrogens (tertiary/aromatic N) is 4. The van der Waals surface area contributed by atoms with Gasteiger partial charge in [0.15, 0.2) is 5.96 Å². The number of aromatic nitrogens is 2. The molecule has 1 unspecified atom stereocenters. The maximum atomic E-state index is 5.20. The fourth-order valence-corrected chi connectivity index (χ4v) is 3.17. The smallest absolute Gasteiger partial charge is 0.191 e. The molecule has 1 heterocycles. The third kappa shape index (κ3) is 8.51. The van der Waals surface area contributed by atoms with Gasteiger partial charge in [-0.3, -0.25) is 4.99 Å². The maximum absolute atomic E-state index is 5.20. The van der Waals surface area contributed by atoms with Crippen molar-refractivity contribution in [3.63, 3.8) is 0 Å². The molecule has 2 N–H and O–H groups in total. The molecular weight excluding hydrogens is 491 g/mol. The van der Waals surface area contributed by atoms with Crippen molar-refractivity contribution in [3.05, 3.63) is 42.2 Å². The minimum Gasteiger partial charge on any atom is -0.497 e. The third-order valence-electron chi connectivity index (χ3n) is 5.03. The van der Waals surface area contributed by atoms with Crippen LogP contribution in [-0.4, -0.2) is 60.5 Å². The van der Waals surface area contributed by atoms with Gasteiger partial charge in [0.1, 0.15) is 5.75 Å². The quantitative estimate of drug-likeness (QED) is 0.265. The fraction of sp³-hybridized carbons (Fsp3) is 0.545. The van der Waals surface area contributed by atoms with Gasteiger partial charge in [-0.2, -0.15) is 5.10 Å². The van der Waals surface area contributed by atoms with Crippen LogP contribution in [-0.2, 0) is 6.54 Å². The molecule has 7 nitrogen and oxygen atoms in total. The lowest BCUT2D eigenvalue weighted by Gasteiger charge is -2.21. The Bertz CT molecular complexity index is 742. The van der Waals surface area contributed by atoms with E-state index in [2.05, 4.69) is 46.4 Å². The summed E-state index contributed by atoms with van der Waals surface area (Å²) < 4.78 is 7.07. The Kier molecular flexibility index (Phi) is 12.4. The SMILES string of the molecule is CCN(CC)CCCC(C)NC(=NC)NCc1ccn(-c2ccc(OC)cc2)n1.I. The predicted molar refractivity (Wildman–Crippen MR) is 135 cm³/mol. The first kappa shape index (κ1) is 26.2. The molecule has 0 saturated carbocycles. The van der Waals surface area contributed by atoms with E-state index >= 15 is 0 Å². The molecule has 168 valence electrons. The van der Waals surface area contributed by atoms with Crippen molar-refractivity contribution in [2.75, 3.05) is 33.8 Å². The highest BCUT2D eigenvalue weighted by Crippen LogP contribution is 2.14. The van der Waals surface area contributed by atoms with E-state index in [0.29, 0.717) is 12.6 Å². The van der Waals surface area contributed by atoms with Crippen LogP contribution in [0.2, 0.25) is 0 Å². The van der Waals surface area contributed by atoms with E-state index < -0.39 is 0 Å². The molecule has 2 rings (SSSR count). The van der Waals surface area contributed by atoms with E-state index in [0.717, 1.165) is 49.1 Å². The van der Waals surface area contributed by atoms with Crippen molar-refractivity contribution in [1.82, 2.24) is 25.3 Å². The Labute approximate surface area is 198 Å². The number of rotatable bonds is 11. The molecule has 0 fully saturated rings. The second-order valence-corrected chi connectivity index (χ2v) is 7.09. The summed E-state index contributed by atoms with van der Waals surface area (Å²) in [6.07, 6.45) is 4.26. The first-order chi connectivity index (χ1) is 14.1. The molecule has 1 aromatic heterocycles. The van der Waals surface area contributed by atoms with Gasteiger partial charge in [0.25, 0.3) is 0 Å².